The van der Waals surface area contributed by atoms with Gasteiger partial charge < -0.3 is 57.6 Å². The highest BCUT2D eigenvalue weighted by molar-refractivity contribution is 5.80. The first-order chi connectivity index (χ1) is 26.8. The number of ether oxygens (including phenoxy) is 8. The summed E-state index contributed by atoms with van der Waals surface area (Å²) in [6.07, 6.45) is -8.88. The summed E-state index contributed by atoms with van der Waals surface area (Å²) in [5, 5.41) is 41.9. The highest BCUT2D eigenvalue weighted by Crippen LogP contribution is 2.87. The molecule has 18 heteroatoms. The molecule has 3 N–H and O–H groups in total. The molecule has 2 saturated heterocycles. The van der Waals surface area contributed by atoms with Crippen LogP contribution in [0.3, 0.4) is 0 Å². The van der Waals surface area contributed by atoms with E-state index in [0.29, 0.717) is 0 Å². The fourth-order valence-electron chi connectivity index (χ4n) is 13.2. The Bertz CT molecular complexity index is 1950. The Morgan fingerprint density at radius 2 is 1.41 bits per heavy atom. The molecular formula is C40H52O18. The standard InChI is InChI=1S/C40H52O18/c1-17(2)36-14-24-34(9,27(53-19(4)42)23-12-13-51-15-23)28(54-20(5)43)29(55-21(6)44)40(49)35(10)26(25(30(46)50-11)52-18(3)41)33(8)16-37(35,47)38(48,31(33)56-22(7)45)32(57-36)39(24,40)58-36/h12-13,15,17,24-29,31-32,47-49H,14,16H2,1-11H3/t24-,25-,26+,27+,28+,29-,31+,32-,33-,34-,35-,36-,37-,38+,39-,40+/m1/s1. The second-order valence-corrected chi connectivity index (χ2v) is 17.9. The van der Waals surface area contributed by atoms with Crippen LogP contribution in [0.1, 0.15) is 93.7 Å². The molecule has 0 aromatic carbocycles. The molecule has 1 aromatic rings. The number of hydrogen-bond acceptors (Lipinski definition) is 18. The second kappa shape index (κ2) is 12.7. The first kappa shape index (κ1) is 42.0. The van der Waals surface area contributed by atoms with Crippen LogP contribution in [0, 0.1) is 34.0 Å². The quantitative estimate of drug-likeness (QED) is 0.224. The minimum atomic E-state index is -2.90. The predicted molar refractivity (Wildman–Crippen MR) is 189 cm³/mol. The zero-order valence-electron chi connectivity index (χ0n) is 34.3. The van der Waals surface area contributed by atoms with Gasteiger partial charge in [0, 0.05) is 75.2 Å². The van der Waals surface area contributed by atoms with Crippen molar-refractivity contribution in [1.82, 2.24) is 0 Å². The lowest BCUT2D eigenvalue weighted by Crippen LogP contribution is -2.96. The Hall–Kier alpha value is -4.10. The van der Waals surface area contributed by atoms with Crippen molar-refractivity contribution in [3.63, 3.8) is 0 Å². The number of furan rings is 1. The number of carbonyl (C=O) groups is 6. The third-order valence-corrected chi connectivity index (χ3v) is 14.9. The van der Waals surface area contributed by atoms with Crippen molar-refractivity contribution >= 4 is 35.8 Å². The maximum atomic E-state index is 14.5. The van der Waals surface area contributed by atoms with Crippen molar-refractivity contribution in [2.45, 2.75) is 147 Å². The Morgan fingerprint density at radius 1 is 0.828 bits per heavy atom. The third-order valence-electron chi connectivity index (χ3n) is 14.9. The molecule has 3 heterocycles. The van der Waals surface area contributed by atoms with Gasteiger partial charge in [0.25, 0.3) is 0 Å². The first-order valence-corrected chi connectivity index (χ1v) is 19.3. The molecule has 320 valence electrons. The van der Waals surface area contributed by atoms with E-state index in [1.54, 1.807) is 20.8 Å². The molecule has 4 aliphatic carbocycles. The number of rotatable bonds is 10. The summed E-state index contributed by atoms with van der Waals surface area (Å²) in [7, 11) is 1.03. The van der Waals surface area contributed by atoms with Gasteiger partial charge in [0.05, 0.1) is 25.1 Å². The van der Waals surface area contributed by atoms with E-state index in [0.717, 1.165) is 41.7 Å². The van der Waals surface area contributed by atoms with Gasteiger partial charge in [-0.25, -0.2) is 4.79 Å². The summed E-state index contributed by atoms with van der Waals surface area (Å²) in [6, 6.07) is 1.51. The zero-order valence-corrected chi connectivity index (χ0v) is 34.3. The molecule has 1 aromatic heterocycles. The van der Waals surface area contributed by atoms with Crippen molar-refractivity contribution in [3.8, 4) is 0 Å². The molecule has 18 nitrogen and oxygen atoms in total. The van der Waals surface area contributed by atoms with Crippen LogP contribution in [0.5, 0.6) is 0 Å². The molecule has 0 unspecified atom stereocenters. The normalized spacial score (nSPS) is 46.1. The average Bonchev–Trinajstić information content (AvgIpc) is 3.91. The summed E-state index contributed by atoms with van der Waals surface area (Å²) in [4.78, 5) is 79.9. The van der Waals surface area contributed by atoms with Crippen LogP contribution < -0.4 is 0 Å². The monoisotopic (exact) mass is 820 g/mol. The molecule has 2 aliphatic heterocycles. The van der Waals surface area contributed by atoms with Crippen LogP contribution in [-0.2, 0) is 66.7 Å². The Morgan fingerprint density at radius 3 is 1.91 bits per heavy atom. The van der Waals surface area contributed by atoms with Gasteiger partial charge in [-0.2, -0.15) is 0 Å². The summed E-state index contributed by atoms with van der Waals surface area (Å²) in [6.45, 7) is 13.3. The number of aliphatic hydroxyl groups is 3. The Kier molecular flexibility index (Phi) is 9.21. The zero-order chi connectivity index (χ0) is 43.1. The van der Waals surface area contributed by atoms with Crippen LogP contribution in [0.4, 0.5) is 0 Å². The maximum absolute atomic E-state index is 14.5. The first-order valence-electron chi connectivity index (χ1n) is 19.3. The van der Waals surface area contributed by atoms with E-state index in [1.165, 1.54) is 32.4 Å². The van der Waals surface area contributed by atoms with E-state index >= 15 is 0 Å². The molecule has 6 aliphatic rings. The van der Waals surface area contributed by atoms with Gasteiger partial charge >= 0.3 is 35.8 Å². The summed E-state index contributed by atoms with van der Waals surface area (Å²) >= 11 is 0. The molecule has 4 saturated carbocycles. The fourth-order valence-corrected chi connectivity index (χ4v) is 13.2. The van der Waals surface area contributed by atoms with Crippen molar-refractivity contribution < 1.29 is 86.4 Å². The lowest BCUT2D eigenvalue weighted by molar-refractivity contribution is -0.443. The van der Waals surface area contributed by atoms with Gasteiger partial charge in [-0.1, -0.05) is 34.6 Å². The number of hydrogen-bond donors (Lipinski definition) is 3. The molecule has 7 rings (SSSR count). The number of carbonyl (C=O) groups excluding carboxylic acids is 6. The van der Waals surface area contributed by atoms with E-state index in [4.69, 9.17) is 42.3 Å². The fraction of sp³-hybridized carbons (Fsp3) is 0.750. The van der Waals surface area contributed by atoms with E-state index < -0.39 is 141 Å². The van der Waals surface area contributed by atoms with Gasteiger partial charge in [0.2, 0.25) is 6.10 Å². The summed E-state index contributed by atoms with van der Waals surface area (Å²) < 4.78 is 54.8. The smallest absolute Gasteiger partial charge is 0.347 e. The van der Waals surface area contributed by atoms with Gasteiger partial charge in [-0.05, 0) is 12.5 Å². The third kappa shape index (κ3) is 4.60. The van der Waals surface area contributed by atoms with Crippen LogP contribution in [0.25, 0.3) is 0 Å². The molecule has 6 fully saturated rings. The highest BCUT2D eigenvalue weighted by Gasteiger charge is 3.03. The summed E-state index contributed by atoms with van der Waals surface area (Å²) in [5.41, 5.74) is -16.4. The van der Waals surface area contributed by atoms with Crippen LogP contribution in [-0.4, -0.2) is 117 Å². The van der Waals surface area contributed by atoms with Crippen LogP contribution >= 0.6 is 0 Å². The number of esters is 6. The Balaban J connectivity index is 1.68. The minimum absolute atomic E-state index is 0.144. The Labute approximate surface area is 334 Å². The summed E-state index contributed by atoms with van der Waals surface area (Å²) in [5.74, 6) is -10.9. The van der Waals surface area contributed by atoms with E-state index in [9.17, 15) is 44.1 Å². The van der Waals surface area contributed by atoms with E-state index in [1.807, 2.05) is 0 Å². The number of methoxy groups -OCH3 is 1. The van der Waals surface area contributed by atoms with Gasteiger partial charge in [-0.3, -0.25) is 24.0 Å². The lowest BCUT2D eigenvalue weighted by Gasteiger charge is -2.77. The van der Waals surface area contributed by atoms with Crippen molar-refractivity contribution in [2.75, 3.05) is 7.11 Å². The maximum Gasteiger partial charge on any atom is 0.347 e. The average molecular weight is 821 g/mol. The molecule has 1 spiro atoms. The van der Waals surface area contributed by atoms with Crippen LogP contribution in [0.2, 0.25) is 0 Å². The van der Waals surface area contributed by atoms with Gasteiger partial charge in [-0.15, -0.1) is 0 Å². The molecule has 4 bridgehead atoms. The van der Waals surface area contributed by atoms with Crippen LogP contribution in [0.15, 0.2) is 23.0 Å². The molecule has 0 amide bonds. The van der Waals surface area contributed by atoms with Crippen molar-refractivity contribution in [3.05, 3.63) is 24.2 Å². The van der Waals surface area contributed by atoms with E-state index in [-0.39, 0.29) is 12.0 Å². The van der Waals surface area contributed by atoms with Gasteiger partial charge in [0.15, 0.2) is 23.6 Å². The molecular weight excluding hydrogens is 768 g/mol. The number of fused-ring (bicyclic) bond motifs is 4. The van der Waals surface area contributed by atoms with Gasteiger partial charge in [0.1, 0.15) is 35.1 Å². The lowest BCUT2D eigenvalue weighted by atomic mass is 9.32. The van der Waals surface area contributed by atoms with E-state index in [2.05, 4.69) is 0 Å². The predicted octanol–water partition coefficient (Wildman–Crippen LogP) is 1.58. The van der Waals surface area contributed by atoms with Crippen molar-refractivity contribution in [1.29, 1.82) is 0 Å². The highest BCUT2D eigenvalue weighted by atomic mass is 16.8. The molecule has 16 atom stereocenters. The minimum Gasteiger partial charge on any atom is -0.472 e. The molecule has 58 heavy (non-hydrogen) atoms. The largest absolute Gasteiger partial charge is 0.472 e. The SMILES string of the molecule is COC(=O)[C@H](OC(C)=O)[C@H]1[C@@]2(C)C[C@]3(O)[C@@](O)([C@H]4O[C@]5(C(C)C)C[C@@H]6[C@](C)([C@@H](OC(C)=O)c7ccoc7)[C@@H](OC(C)=O)[C@@H](OC(C)=O)[C@@](O)([C@@]64O5)[C@]13C)[C@H]2OC(C)=O. The second-order valence-electron chi connectivity index (χ2n) is 17.9. The topological polar surface area (TPSA) is 250 Å². The van der Waals surface area contributed by atoms with Crippen molar-refractivity contribution in [2.24, 2.45) is 34.0 Å². The molecule has 0 radical (unpaired) electrons.